The van der Waals surface area contributed by atoms with Crippen molar-refractivity contribution in [2.75, 3.05) is 18.4 Å². The largest absolute Gasteiger partial charge is 0.445 e. The summed E-state index contributed by atoms with van der Waals surface area (Å²) in [7, 11) is 0. The summed E-state index contributed by atoms with van der Waals surface area (Å²) >= 11 is 3.41. The Kier molecular flexibility index (Phi) is 4.42. The molecule has 1 saturated heterocycles. The van der Waals surface area contributed by atoms with E-state index in [0.717, 1.165) is 30.4 Å². The summed E-state index contributed by atoms with van der Waals surface area (Å²) in [5.41, 5.74) is 1.03. The smallest absolute Gasteiger partial charge is 0.410 e. The number of nitrogens with zero attached hydrogens (tertiary/aromatic N) is 1. The molecular weight excluding hydrogens is 282 g/mol. The molecule has 1 amide bonds. The molecule has 0 aliphatic carbocycles. The number of likely N-dealkylation sites (tertiary alicyclic amines) is 1. The van der Waals surface area contributed by atoms with Crippen LogP contribution in [-0.2, 0) is 11.3 Å². The van der Waals surface area contributed by atoms with E-state index in [0.29, 0.717) is 12.5 Å². The molecule has 1 heterocycles. The molecule has 1 fully saturated rings. The molecule has 17 heavy (non-hydrogen) atoms. The molecule has 1 aromatic carbocycles. The van der Waals surface area contributed by atoms with E-state index in [1.807, 2.05) is 30.3 Å². The summed E-state index contributed by atoms with van der Waals surface area (Å²) in [6.45, 7) is 2.03. The molecule has 1 aromatic rings. The minimum absolute atomic E-state index is 0.195. The first-order chi connectivity index (χ1) is 8.29. The molecule has 0 atom stereocenters. The Morgan fingerprint density at radius 3 is 2.71 bits per heavy atom. The predicted octanol–water partition coefficient (Wildman–Crippen LogP) is 3.04. The van der Waals surface area contributed by atoms with Gasteiger partial charge in [0.05, 0.1) is 0 Å². The first kappa shape index (κ1) is 12.4. The van der Waals surface area contributed by atoms with Crippen LogP contribution in [0.3, 0.4) is 0 Å². The SMILES string of the molecule is O=C(OCc1ccccc1)N1CC(CCBr)C1. The van der Waals surface area contributed by atoms with Gasteiger partial charge < -0.3 is 9.64 Å². The van der Waals surface area contributed by atoms with Crippen LogP contribution in [-0.4, -0.2) is 29.4 Å². The maximum atomic E-state index is 11.6. The zero-order valence-electron chi connectivity index (χ0n) is 9.64. The highest BCUT2D eigenvalue weighted by molar-refractivity contribution is 9.09. The fourth-order valence-electron chi connectivity index (χ4n) is 1.87. The van der Waals surface area contributed by atoms with Crippen LogP contribution in [0.1, 0.15) is 12.0 Å². The molecule has 0 unspecified atom stereocenters. The number of hydrogen-bond donors (Lipinski definition) is 0. The highest BCUT2D eigenvalue weighted by Gasteiger charge is 2.30. The standard InChI is InChI=1S/C13H16BrNO2/c14-7-6-12-8-15(9-12)13(16)17-10-11-4-2-1-3-5-11/h1-5,12H,6-10H2. The van der Waals surface area contributed by atoms with Crippen LogP contribution in [0.4, 0.5) is 4.79 Å². The van der Waals surface area contributed by atoms with Crippen molar-refractivity contribution in [1.29, 1.82) is 0 Å². The molecule has 0 saturated carbocycles. The number of halogens is 1. The summed E-state index contributed by atoms with van der Waals surface area (Å²) < 4.78 is 5.23. The van der Waals surface area contributed by atoms with E-state index in [9.17, 15) is 4.79 Å². The number of amides is 1. The first-order valence-corrected chi connectivity index (χ1v) is 6.93. The monoisotopic (exact) mass is 297 g/mol. The molecule has 3 nitrogen and oxygen atoms in total. The van der Waals surface area contributed by atoms with E-state index in [1.165, 1.54) is 0 Å². The molecule has 1 aliphatic rings. The zero-order valence-corrected chi connectivity index (χ0v) is 11.2. The van der Waals surface area contributed by atoms with Gasteiger partial charge in [0.15, 0.2) is 0 Å². The van der Waals surface area contributed by atoms with Crippen LogP contribution in [0.2, 0.25) is 0 Å². The van der Waals surface area contributed by atoms with Gasteiger partial charge in [-0.1, -0.05) is 46.3 Å². The molecule has 0 bridgehead atoms. The minimum atomic E-state index is -0.195. The van der Waals surface area contributed by atoms with Gasteiger partial charge in [-0.25, -0.2) is 4.79 Å². The van der Waals surface area contributed by atoms with Gasteiger partial charge in [0.25, 0.3) is 0 Å². The fourth-order valence-corrected chi connectivity index (χ4v) is 2.51. The van der Waals surface area contributed by atoms with Crippen molar-refractivity contribution in [3.8, 4) is 0 Å². The van der Waals surface area contributed by atoms with Crippen LogP contribution in [0.15, 0.2) is 30.3 Å². The van der Waals surface area contributed by atoms with Crippen molar-refractivity contribution < 1.29 is 9.53 Å². The maximum Gasteiger partial charge on any atom is 0.410 e. The Morgan fingerprint density at radius 1 is 1.35 bits per heavy atom. The number of carbonyl (C=O) groups is 1. The minimum Gasteiger partial charge on any atom is -0.445 e. The summed E-state index contributed by atoms with van der Waals surface area (Å²) in [6, 6.07) is 9.75. The summed E-state index contributed by atoms with van der Waals surface area (Å²) in [5.74, 6) is 0.638. The molecule has 0 aromatic heterocycles. The van der Waals surface area contributed by atoms with Crippen LogP contribution in [0.5, 0.6) is 0 Å². The number of ether oxygens (including phenoxy) is 1. The van der Waals surface area contributed by atoms with Gasteiger partial charge in [0.1, 0.15) is 6.61 Å². The summed E-state index contributed by atoms with van der Waals surface area (Å²) in [6.07, 6.45) is 0.933. The Bertz CT molecular complexity index is 363. The predicted molar refractivity (Wildman–Crippen MR) is 70.1 cm³/mol. The third-order valence-electron chi connectivity index (χ3n) is 2.94. The quantitative estimate of drug-likeness (QED) is 0.800. The van der Waals surface area contributed by atoms with Crippen molar-refractivity contribution in [1.82, 2.24) is 4.90 Å². The van der Waals surface area contributed by atoms with Gasteiger partial charge in [-0.05, 0) is 17.9 Å². The first-order valence-electron chi connectivity index (χ1n) is 5.81. The lowest BCUT2D eigenvalue weighted by Gasteiger charge is -2.38. The van der Waals surface area contributed by atoms with E-state index in [2.05, 4.69) is 15.9 Å². The fraction of sp³-hybridized carbons (Fsp3) is 0.462. The number of rotatable bonds is 4. The molecule has 4 heteroatoms. The summed E-state index contributed by atoms with van der Waals surface area (Å²) in [4.78, 5) is 13.4. The van der Waals surface area contributed by atoms with Gasteiger partial charge in [-0.2, -0.15) is 0 Å². The zero-order chi connectivity index (χ0) is 12.1. The molecule has 0 radical (unpaired) electrons. The second-order valence-electron chi connectivity index (χ2n) is 4.29. The van der Waals surface area contributed by atoms with Crippen molar-refractivity contribution in [2.24, 2.45) is 5.92 Å². The lowest BCUT2D eigenvalue weighted by molar-refractivity contribution is 0.0489. The number of carbonyl (C=O) groups excluding carboxylic acids is 1. The highest BCUT2D eigenvalue weighted by Crippen LogP contribution is 2.20. The van der Waals surface area contributed by atoms with Crippen molar-refractivity contribution in [3.63, 3.8) is 0 Å². The van der Waals surface area contributed by atoms with Gasteiger partial charge in [-0.3, -0.25) is 0 Å². The van der Waals surface area contributed by atoms with E-state index in [4.69, 9.17) is 4.74 Å². The number of benzene rings is 1. The average Bonchev–Trinajstić information content (AvgIpc) is 2.31. The van der Waals surface area contributed by atoms with Crippen LogP contribution < -0.4 is 0 Å². The second-order valence-corrected chi connectivity index (χ2v) is 5.08. The Labute approximate surface area is 110 Å². The maximum absolute atomic E-state index is 11.6. The lowest BCUT2D eigenvalue weighted by Crippen LogP contribution is -2.50. The van der Waals surface area contributed by atoms with Gasteiger partial charge in [0, 0.05) is 18.4 Å². The third kappa shape index (κ3) is 3.46. The van der Waals surface area contributed by atoms with Gasteiger partial charge in [-0.15, -0.1) is 0 Å². The van der Waals surface area contributed by atoms with Gasteiger partial charge in [0.2, 0.25) is 0 Å². The van der Waals surface area contributed by atoms with E-state index in [-0.39, 0.29) is 6.09 Å². The van der Waals surface area contributed by atoms with Crippen molar-refractivity contribution in [2.45, 2.75) is 13.0 Å². The van der Waals surface area contributed by atoms with E-state index in [1.54, 1.807) is 4.90 Å². The second kappa shape index (κ2) is 6.05. The molecule has 0 N–H and O–H groups in total. The lowest BCUT2D eigenvalue weighted by atomic mass is 9.98. The highest BCUT2D eigenvalue weighted by atomic mass is 79.9. The Balaban J connectivity index is 1.69. The Morgan fingerprint density at radius 2 is 2.06 bits per heavy atom. The van der Waals surface area contributed by atoms with Gasteiger partial charge >= 0.3 is 6.09 Å². The van der Waals surface area contributed by atoms with Crippen molar-refractivity contribution >= 4 is 22.0 Å². The molecule has 92 valence electrons. The topological polar surface area (TPSA) is 29.5 Å². The van der Waals surface area contributed by atoms with E-state index >= 15 is 0 Å². The number of hydrogen-bond acceptors (Lipinski definition) is 2. The summed E-state index contributed by atoms with van der Waals surface area (Å²) in [5, 5.41) is 1.00. The van der Waals surface area contributed by atoms with E-state index < -0.39 is 0 Å². The van der Waals surface area contributed by atoms with Crippen LogP contribution in [0.25, 0.3) is 0 Å². The van der Waals surface area contributed by atoms with Crippen LogP contribution >= 0.6 is 15.9 Å². The number of alkyl halides is 1. The molecule has 2 rings (SSSR count). The Hall–Kier alpha value is -1.03. The molecular formula is C13H16BrNO2. The van der Waals surface area contributed by atoms with Crippen LogP contribution in [0, 0.1) is 5.92 Å². The molecule has 0 spiro atoms. The normalized spacial score (nSPS) is 15.5. The average molecular weight is 298 g/mol. The van der Waals surface area contributed by atoms with Crippen molar-refractivity contribution in [3.05, 3.63) is 35.9 Å². The molecule has 1 aliphatic heterocycles. The third-order valence-corrected chi connectivity index (χ3v) is 3.40.